The van der Waals surface area contributed by atoms with Crippen LogP contribution in [0, 0.1) is 0 Å². The van der Waals surface area contributed by atoms with Crippen molar-refractivity contribution < 1.29 is 18.7 Å². The van der Waals surface area contributed by atoms with E-state index < -0.39 is 8.32 Å². The molecule has 0 aromatic carbocycles. The van der Waals surface area contributed by atoms with Crippen molar-refractivity contribution in [2.45, 2.75) is 64.4 Å². The lowest BCUT2D eigenvalue weighted by molar-refractivity contribution is -0.105. The van der Waals surface area contributed by atoms with E-state index >= 15 is 0 Å². The maximum Gasteiger partial charge on any atom is 0.257 e. The summed E-state index contributed by atoms with van der Waals surface area (Å²) < 4.78 is 19.3. The molecule has 2 rings (SSSR count). The third kappa shape index (κ3) is 5.55. The molecule has 1 aromatic heterocycles. The van der Waals surface area contributed by atoms with E-state index in [1.54, 1.807) is 10.9 Å². The van der Waals surface area contributed by atoms with E-state index in [2.05, 4.69) is 44.3 Å². The van der Waals surface area contributed by atoms with Crippen LogP contribution in [0.3, 0.4) is 0 Å². The van der Waals surface area contributed by atoms with E-state index in [1.165, 1.54) is 0 Å². The van der Waals surface area contributed by atoms with E-state index in [4.69, 9.17) is 13.9 Å². The van der Waals surface area contributed by atoms with Crippen LogP contribution in [0.1, 0.15) is 33.6 Å². The normalized spacial score (nSPS) is 16.7. The predicted molar refractivity (Wildman–Crippen MR) is 99.5 cm³/mol. The highest BCUT2D eigenvalue weighted by molar-refractivity contribution is 6.74. The molecule has 0 radical (unpaired) electrons. The lowest BCUT2D eigenvalue weighted by Gasteiger charge is -2.36. The van der Waals surface area contributed by atoms with Gasteiger partial charge in [-0.1, -0.05) is 20.8 Å². The third-order valence-corrected chi connectivity index (χ3v) is 9.52. The summed E-state index contributed by atoms with van der Waals surface area (Å²) in [4.78, 5) is 10.8. The van der Waals surface area contributed by atoms with E-state index in [-0.39, 0.29) is 11.1 Å². The zero-order valence-corrected chi connectivity index (χ0v) is 17.0. The fourth-order valence-electron chi connectivity index (χ4n) is 2.33. The molecule has 2 heterocycles. The monoisotopic (exact) mass is 369 g/mol. The first-order valence-electron chi connectivity index (χ1n) is 8.89. The van der Waals surface area contributed by atoms with Gasteiger partial charge < -0.3 is 19.2 Å². The van der Waals surface area contributed by atoms with E-state index in [1.807, 2.05) is 0 Å². The first-order valence-corrected chi connectivity index (χ1v) is 11.8. The van der Waals surface area contributed by atoms with Crippen molar-refractivity contribution in [1.29, 1.82) is 0 Å². The summed E-state index contributed by atoms with van der Waals surface area (Å²) in [6.07, 6.45) is 4.18. The van der Waals surface area contributed by atoms with Crippen molar-refractivity contribution in [2.24, 2.45) is 0 Å². The highest BCUT2D eigenvalue weighted by Crippen LogP contribution is 2.36. The number of nitrogens with zero attached hydrogens (tertiary/aromatic N) is 2. The van der Waals surface area contributed by atoms with Gasteiger partial charge in [0.2, 0.25) is 6.41 Å². The minimum absolute atomic E-state index is 0.0767. The summed E-state index contributed by atoms with van der Waals surface area (Å²) >= 11 is 0. The molecule has 0 aliphatic carbocycles. The van der Waals surface area contributed by atoms with Gasteiger partial charge in [0.15, 0.2) is 8.32 Å². The van der Waals surface area contributed by atoms with Crippen molar-refractivity contribution in [1.82, 2.24) is 9.78 Å². The van der Waals surface area contributed by atoms with Gasteiger partial charge in [-0.05, 0) is 18.1 Å². The van der Waals surface area contributed by atoms with E-state index in [0.29, 0.717) is 44.3 Å². The molecule has 0 atom stereocenters. The van der Waals surface area contributed by atoms with Gasteiger partial charge in [0.25, 0.3) is 5.88 Å². The Balaban J connectivity index is 1.96. The van der Waals surface area contributed by atoms with Gasteiger partial charge in [-0.2, -0.15) is 0 Å². The summed E-state index contributed by atoms with van der Waals surface area (Å²) in [5.41, 5.74) is 0.591. The van der Waals surface area contributed by atoms with Crippen molar-refractivity contribution in [3.05, 3.63) is 6.20 Å². The Bertz CT molecular complexity index is 563. The fraction of sp³-hybridized carbons (Fsp3) is 0.765. The Morgan fingerprint density at radius 2 is 2.08 bits per heavy atom. The first-order chi connectivity index (χ1) is 11.7. The van der Waals surface area contributed by atoms with Crippen LogP contribution in [0.25, 0.3) is 0 Å². The summed E-state index contributed by atoms with van der Waals surface area (Å²) in [5.74, 6) is 0.464. The molecular weight excluding hydrogens is 338 g/mol. The number of rotatable bonds is 8. The van der Waals surface area contributed by atoms with Crippen LogP contribution in [0.15, 0.2) is 6.20 Å². The third-order valence-electron chi connectivity index (χ3n) is 4.98. The molecule has 7 nitrogen and oxygen atoms in total. The van der Waals surface area contributed by atoms with Crippen LogP contribution in [0.5, 0.6) is 5.88 Å². The number of nitrogens with one attached hydrogen (secondary N) is 1. The molecule has 1 N–H and O–H groups in total. The summed E-state index contributed by atoms with van der Waals surface area (Å²) in [7, 11) is -1.77. The van der Waals surface area contributed by atoms with Crippen LogP contribution in [0.2, 0.25) is 18.1 Å². The van der Waals surface area contributed by atoms with Crippen LogP contribution in [-0.2, 0) is 20.5 Å². The summed E-state index contributed by atoms with van der Waals surface area (Å²) in [6, 6.07) is 0. The molecule has 25 heavy (non-hydrogen) atoms. The quantitative estimate of drug-likeness (QED) is 0.563. The van der Waals surface area contributed by atoms with E-state index in [0.717, 1.165) is 12.8 Å². The number of carbonyl (C=O) groups excluding carboxylic acids is 1. The van der Waals surface area contributed by atoms with Gasteiger partial charge in [-0.3, -0.25) is 9.48 Å². The Kier molecular flexibility index (Phi) is 6.64. The van der Waals surface area contributed by atoms with Crippen LogP contribution >= 0.6 is 0 Å². The molecule has 142 valence electrons. The Hall–Kier alpha value is -1.38. The van der Waals surface area contributed by atoms with Gasteiger partial charge in [-0.25, -0.2) is 0 Å². The highest BCUT2D eigenvalue weighted by atomic mass is 28.4. The zero-order valence-electron chi connectivity index (χ0n) is 16.0. The van der Waals surface area contributed by atoms with Gasteiger partial charge in [0.1, 0.15) is 11.8 Å². The van der Waals surface area contributed by atoms with Crippen molar-refractivity contribution in [3.63, 3.8) is 0 Å². The second-order valence-electron chi connectivity index (χ2n) is 7.91. The van der Waals surface area contributed by atoms with Crippen molar-refractivity contribution >= 4 is 20.4 Å². The molecule has 1 amide bonds. The van der Waals surface area contributed by atoms with Crippen molar-refractivity contribution in [2.75, 3.05) is 25.1 Å². The highest BCUT2D eigenvalue weighted by Gasteiger charge is 2.36. The maximum atomic E-state index is 10.8. The maximum absolute atomic E-state index is 10.8. The topological polar surface area (TPSA) is 74.6 Å². The lowest BCUT2D eigenvalue weighted by atomic mass is 10.1. The van der Waals surface area contributed by atoms with Gasteiger partial charge in [0, 0.05) is 12.8 Å². The molecule has 8 heteroatoms. The Morgan fingerprint density at radius 1 is 1.40 bits per heavy atom. The number of amides is 1. The number of hydrogen-bond donors (Lipinski definition) is 1. The molecule has 0 bridgehead atoms. The van der Waals surface area contributed by atoms with Crippen LogP contribution in [0.4, 0.5) is 5.69 Å². The molecule has 1 saturated heterocycles. The number of ether oxygens (including phenoxy) is 2. The van der Waals surface area contributed by atoms with Gasteiger partial charge in [-0.15, -0.1) is 5.10 Å². The second-order valence-corrected chi connectivity index (χ2v) is 12.7. The molecule has 0 saturated carbocycles. The standard InChI is InChI=1S/C17H31N3O4Si/c1-17(2,3)25(4,5)23-11-8-20-12-15(18-13-21)16(19-20)24-14-6-9-22-10-7-14/h12-14H,6-11H2,1-5H3,(H,18,21). The van der Waals surface area contributed by atoms with Gasteiger partial charge >= 0.3 is 0 Å². The average molecular weight is 370 g/mol. The molecule has 1 fully saturated rings. The minimum atomic E-state index is -1.77. The Morgan fingerprint density at radius 3 is 2.68 bits per heavy atom. The molecule has 1 aromatic rings. The minimum Gasteiger partial charge on any atom is -0.472 e. The smallest absolute Gasteiger partial charge is 0.257 e. The average Bonchev–Trinajstić information content (AvgIpc) is 2.89. The molecule has 0 unspecified atom stereocenters. The summed E-state index contributed by atoms with van der Waals surface area (Å²) in [5, 5.41) is 7.32. The van der Waals surface area contributed by atoms with Crippen molar-refractivity contribution in [3.8, 4) is 5.88 Å². The Labute approximate surface area is 151 Å². The number of hydrogen-bond acceptors (Lipinski definition) is 5. The zero-order chi connectivity index (χ0) is 18.5. The fourth-order valence-corrected chi connectivity index (χ4v) is 3.36. The van der Waals surface area contributed by atoms with Crippen LogP contribution in [-0.4, -0.2) is 50.4 Å². The molecule has 0 spiro atoms. The molecule has 1 aliphatic heterocycles. The lowest BCUT2D eigenvalue weighted by Crippen LogP contribution is -2.41. The summed E-state index contributed by atoms with van der Waals surface area (Å²) in [6.45, 7) is 13.7. The number of aromatic nitrogens is 2. The molecule has 1 aliphatic rings. The SMILES string of the molecule is CC(C)(C)[Si](C)(C)OCCn1cc(NC=O)c(OC2CCOCC2)n1. The molecular formula is C17H31N3O4Si. The van der Waals surface area contributed by atoms with Gasteiger partial charge in [0.05, 0.1) is 32.6 Å². The first kappa shape index (κ1) is 19.9. The number of anilines is 1. The largest absolute Gasteiger partial charge is 0.472 e. The van der Waals surface area contributed by atoms with E-state index in [9.17, 15) is 4.79 Å². The number of carbonyl (C=O) groups is 1. The predicted octanol–water partition coefficient (Wildman–Crippen LogP) is 3.03. The second kappa shape index (κ2) is 8.33. The van der Waals surface area contributed by atoms with Crippen LogP contribution < -0.4 is 10.1 Å².